The lowest BCUT2D eigenvalue weighted by atomic mass is 9.97. The molecule has 0 radical (unpaired) electrons. The molecule has 0 bridgehead atoms. The van der Waals surface area contributed by atoms with E-state index in [0.29, 0.717) is 11.7 Å². The molecule has 0 aliphatic rings. The molecule has 0 fully saturated rings. The van der Waals surface area contributed by atoms with Gasteiger partial charge in [0.2, 0.25) is 11.7 Å². The lowest BCUT2D eigenvalue weighted by Gasteiger charge is -2.10. The molecule has 0 atom stereocenters. The molecule has 0 amide bonds. The van der Waals surface area contributed by atoms with E-state index in [9.17, 15) is 0 Å². The van der Waals surface area contributed by atoms with E-state index in [4.69, 9.17) is 10.3 Å². The molecule has 2 aromatic carbocycles. The molecule has 0 aliphatic carbocycles. The number of nitrogen functional groups attached to an aromatic ring is 1. The Morgan fingerprint density at radius 2 is 1.58 bits per heavy atom. The first-order valence-corrected chi connectivity index (χ1v) is 8.50. The molecule has 0 saturated heterocycles. The van der Waals surface area contributed by atoms with Gasteiger partial charge in [0.05, 0.1) is 5.52 Å². The van der Waals surface area contributed by atoms with Gasteiger partial charge in [-0.15, -0.1) is 0 Å². The van der Waals surface area contributed by atoms with Crippen LogP contribution in [0.3, 0.4) is 0 Å². The summed E-state index contributed by atoms with van der Waals surface area (Å²) in [7, 11) is 0. The summed E-state index contributed by atoms with van der Waals surface area (Å²) in [4.78, 5) is 9.05. The van der Waals surface area contributed by atoms with Crippen LogP contribution in [-0.2, 0) is 5.41 Å². The number of hydrogen-bond donors (Lipinski definition) is 1. The van der Waals surface area contributed by atoms with Crippen LogP contribution in [0, 0.1) is 0 Å². The highest BCUT2D eigenvalue weighted by Gasteiger charge is 2.22. The Bertz CT molecular complexity index is 1080. The number of rotatable bonds is 2. The van der Waals surface area contributed by atoms with Crippen LogP contribution in [0.5, 0.6) is 0 Å². The molecule has 0 unspecified atom stereocenters. The van der Waals surface area contributed by atoms with Gasteiger partial charge in [0.1, 0.15) is 0 Å². The third-order valence-electron chi connectivity index (χ3n) is 4.25. The van der Waals surface area contributed by atoms with Gasteiger partial charge in [0, 0.05) is 28.2 Å². The zero-order valence-electron chi connectivity index (χ0n) is 15.0. The van der Waals surface area contributed by atoms with Gasteiger partial charge in [0.25, 0.3) is 0 Å². The molecule has 2 N–H and O–H groups in total. The highest BCUT2D eigenvalue weighted by Crippen LogP contribution is 2.28. The van der Waals surface area contributed by atoms with E-state index in [-0.39, 0.29) is 5.41 Å². The second kappa shape index (κ2) is 5.95. The molecule has 5 heteroatoms. The van der Waals surface area contributed by atoms with Crippen LogP contribution in [0.2, 0.25) is 0 Å². The van der Waals surface area contributed by atoms with Crippen LogP contribution in [0.4, 0.5) is 5.69 Å². The quantitative estimate of drug-likeness (QED) is 0.527. The Labute approximate surface area is 151 Å². The number of aromatic nitrogens is 3. The minimum absolute atomic E-state index is 0.183. The van der Waals surface area contributed by atoms with Gasteiger partial charge in [0.15, 0.2) is 0 Å². The monoisotopic (exact) mass is 344 g/mol. The summed E-state index contributed by atoms with van der Waals surface area (Å²) in [5.41, 5.74) is 10.3. The van der Waals surface area contributed by atoms with Crippen molar-refractivity contribution in [3.63, 3.8) is 0 Å². The number of nitrogens with two attached hydrogens (primary N) is 1. The van der Waals surface area contributed by atoms with E-state index in [0.717, 1.165) is 33.3 Å². The molecule has 2 heterocycles. The lowest BCUT2D eigenvalue weighted by molar-refractivity contribution is 0.321. The van der Waals surface area contributed by atoms with Crippen molar-refractivity contribution in [2.24, 2.45) is 0 Å². The van der Waals surface area contributed by atoms with E-state index >= 15 is 0 Å². The normalized spacial score (nSPS) is 11.8. The average Bonchev–Trinajstić information content (AvgIpc) is 3.12. The molecular weight excluding hydrogens is 324 g/mol. The Kier molecular flexibility index (Phi) is 3.72. The highest BCUT2D eigenvalue weighted by atomic mass is 16.5. The van der Waals surface area contributed by atoms with Gasteiger partial charge >= 0.3 is 0 Å². The molecule has 0 spiro atoms. The lowest BCUT2D eigenvalue weighted by Crippen LogP contribution is -2.11. The summed E-state index contributed by atoms with van der Waals surface area (Å²) in [6.07, 6.45) is 1.78. The summed E-state index contributed by atoms with van der Waals surface area (Å²) in [6.45, 7) is 6.13. The number of pyridine rings is 1. The number of nitrogens with zero attached hydrogens (tertiary/aromatic N) is 3. The van der Waals surface area contributed by atoms with Crippen molar-refractivity contribution in [2.75, 3.05) is 5.73 Å². The predicted molar refractivity (Wildman–Crippen MR) is 104 cm³/mol. The smallest absolute Gasteiger partial charge is 0.232 e. The molecule has 4 aromatic rings. The SMILES string of the molecule is CC(C)(C)c1nc(-c2cnc3ccc(-c4ccc(N)cc4)cc3c2)no1. The number of anilines is 1. The van der Waals surface area contributed by atoms with Crippen molar-refractivity contribution in [1.29, 1.82) is 0 Å². The maximum Gasteiger partial charge on any atom is 0.232 e. The summed E-state index contributed by atoms with van der Waals surface area (Å²) in [5.74, 6) is 1.17. The number of hydrogen-bond acceptors (Lipinski definition) is 5. The molecule has 4 rings (SSSR count). The minimum atomic E-state index is -0.183. The van der Waals surface area contributed by atoms with Gasteiger partial charge < -0.3 is 10.3 Å². The van der Waals surface area contributed by atoms with E-state index in [1.807, 2.05) is 57.2 Å². The molecule has 130 valence electrons. The van der Waals surface area contributed by atoms with Crippen molar-refractivity contribution in [3.05, 3.63) is 60.6 Å². The zero-order valence-corrected chi connectivity index (χ0v) is 15.0. The first-order valence-electron chi connectivity index (χ1n) is 8.50. The Balaban J connectivity index is 1.76. The molecule has 0 aliphatic heterocycles. The maximum absolute atomic E-state index is 5.78. The van der Waals surface area contributed by atoms with Gasteiger partial charge in [-0.05, 0) is 41.5 Å². The fourth-order valence-electron chi connectivity index (χ4n) is 2.75. The van der Waals surface area contributed by atoms with Gasteiger partial charge in [-0.3, -0.25) is 4.98 Å². The second-order valence-electron chi connectivity index (χ2n) is 7.43. The Morgan fingerprint density at radius 3 is 2.27 bits per heavy atom. The summed E-state index contributed by atoms with van der Waals surface area (Å²) >= 11 is 0. The molecule has 0 saturated carbocycles. The average molecular weight is 344 g/mol. The predicted octanol–water partition coefficient (Wildman–Crippen LogP) is 4.83. The van der Waals surface area contributed by atoms with Gasteiger partial charge in [-0.25, -0.2) is 0 Å². The number of benzene rings is 2. The Hall–Kier alpha value is -3.21. The topological polar surface area (TPSA) is 77.8 Å². The molecule has 5 nitrogen and oxygen atoms in total. The summed E-state index contributed by atoms with van der Waals surface area (Å²) in [5, 5.41) is 5.14. The molecular formula is C21H20N4O. The van der Waals surface area contributed by atoms with Crippen molar-refractivity contribution in [2.45, 2.75) is 26.2 Å². The maximum atomic E-state index is 5.78. The largest absolute Gasteiger partial charge is 0.399 e. The van der Waals surface area contributed by atoms with Gasteiger partial charge in [-0.2, -0.15) is 4.98 Å². The first-order chi connectivity index (χ1) is 12.4. The minimum Gasteiger partial charge on any atom is -0.399 e. The third kappa shape index (κ3) is 3.04. The van der Waals surface area contributed by atoms with E-state index in [2.05, 4.69) is 27.3 Å². The Morgan fingerprint density at radius 1 is 0.885 bits per heavy atom. The van der Waals surface area contributed by atoms with Crippen LogP contribution < -0.4 is 5.73 Å². The van der Waals surface area contributed by atoms with Crippen LogP contribution in [0.25, 0.3) is 33.4 Å². The van der Waals surface area contributed by atoms with Gasteiger partial charge in [-0.1, -0.05) is 44.1 Å². The molecule has 2 aromatic heterocycles. The summed E-state index contributed by atoms with van der Waals surface area (Å²) < 4.78 is 5.40. The van der Waals surface area contributed by atoms with Crippen molar-refractivity contribution in [3.8, 4) is 22.5 Å². The zero-order chi connectivity index (χ0) is 18.3. The van der Waals surface area contributed by atoms with Crippen LogP contribution in [0.15, 0.2) is 59.3 Å². The van der Waals surface area contributed by atoms with Crippen molar-refractivity contribution in [1.82, 2.24) is 15.1 Å². The fraction of sp³-hybridized carbons (Fsp3) is 0.190. The van der Waals surface area contributed by atoms with Crippen LogP contribution in [0.1, 0.15) is 26.7 Å². The third-order valence-corrected chi connectivity index (χ3v) is 4.25. The second-order valence-corrected chi connectivity index (χ2v) is 7.43. The van der Waals surface area contributed by atoms with E-state index in [1.165, 1.54) is 0 Å². The molecule has 26 heavy (non-hydrogen) atoms. The fourth-order valence-corrected chi connectivity index (χ4v) is 2.75. The summed E-state index contributed by atoms with van der Waals surface area (Å²) in [6, 6.07) is 16.1. The first kappa shape index (κ1) is 16.3. The standard InChI is InChI=1S/C21H20N4O/c1-21(2,3)20-24-19(25-26-20)16-11-15-10-14(6-9-18(15)23-12-16)13-4-7-17(22)8-5-13/h4-12H,22H2,1-3H3. The van der Waals surface area contributed by atoms with E-state index < -0.39 is 0 Å². The van der Waals surface area contributed by atoms with Crippen molar-refractivity contribution >= 4 is 16.6 Å². The van der Waals surface area contributed by atoms with Crippen LogP contribution in [-0.4, -0.2) is 15.1 Å². The van der Waals surface area contributed by atoms with E-state index in [1.54, 1.807) is 6.20 Å². The number of fused-ring (bicyclic) bond motifs is 1. The van der Waals surface area contributed by atoms with Crippen LogP contribution >= 0.6 is 0 Å². The van der Waals surface area contributed by atoms with Crippen molar-refractivity contribution < 1.29 is 4.52 Å². The highest BCUT2D eigenvalue weighted by molar-refractivity contribution is 5.87.